The standard InChI is InChI=1S/C16H24N2O3/c1-3-20-16(19)14-6-7-21-15(14)10-18(2)13-8-11-4-5-12(9-13)17-11/h6-7,11-13,17H,3-5,8-10H2,1-2H3. The molecule has 2 atom stereocenters. The Morgan fingerprint density at radius 1 is 1.43 bits per heavy atom. The molecule has 116 valence electrons. The molecule has 0 saturated carbocycles. The van der Waals surface area contributed by atoms with Gasteiger partial charge in [-0.2, -0.15) is 0 Å². The van der Waals surface area contributed by atoms with Crippen molar-refractivity contribution >= 4 is 5.97 Å². The molecule has 0 radical (unpaired) electrons. The zero-order chi connectivity index (χ0) is 14.8. The third-order valence-corrected chi connectivity index (χ3v) is 4.71. The van der Waals surface area contributed by atoms with Crippen LogP contribution in [0.4, 0.5) is 0 Å². The lowest BCUT2D eigenvalue weighted by Crippen LogP contribution is -2.46. The zero-order valence-electron chi connectivity index (χ0n) is 12.8. The molecule has 2 bridgehead atoms. The summed E-state index contributed by atoms with van der Waals surface area (Å²) in [5.74, 6) is 0.418. The zero-order valence-corrected chi connectivity index (χ0v) is 12.8. The third kappa shape index (κ3) is 3.14. The number of carbonyl (C=O) groups excluding carboxylic acids is 1. The molecule has 1 aromatic rings. The highest BCUT2D eigenvalue weighted by atomic mass is 16.5. The first kappa shape index (κ1) is 14.6. The summed E-state index contributed by atoms with van der Waals surface area (Å²) < 4.78 is 10.6. The predicted molar refractivity (Wildman–Crippen MR) is 79.1 cm³/mol. The Hall–Kier alpha value is -1.33. The Morgan fingerprint density at radius 2 is 2.14 bits per heavy atom. The van der Waals surface area contributed by atoms with E-state index in [9.17, 15) is 4.79 Å². The van der Waals surface area contributed by atoms with E-state index in [1.165, 1.54) is 25.7 Å². The van der Waals surface area contributed by atoms with Crippen LogP contribution in [-0.4, -0.2) is 42.6 Å². The van der Waals surface area contributed by atoms with Crippen LogP contribution in [0.25, 0.3) is 0 Å². The molecule has 3 rings (SSSR count). The first-order valence-corrected chi connectivity index (χ1v) is 7.87. The summed E-state index contributed by atoms with van der Waals surface area (Å²) in [5.41, 5.74) is 0.556. The van der Waals surface area contributed by atoms with Gasteiger partial charge in [0.25, 0.3) is 0 Å². The lowest BCUT2D eigenvalue weighted by molar-refractivity contribution is 0.0520. The van der Waals surface area contributed by atoms with Crippen molar-refractivity contribution in [3.8, 4) is 0 Å². The molecular weight excluding hydrogens is 268 g/mol. The largest absolute Gasteiger partial charge is 0.467 e. The summed E-state index contributed by atoms with van der Waals surface area (Å²) in [6.45, 7) is 2.86. The van der Waals surface area contributed by atoms with Crippen LogP contribution in [0.5, 0.6) is 0 Å². The van der Waals surface area contributed by atoms with Gasteiger partial charge in [-0.05, 0) is 45.7 Å². The number of fused-ring (bicyclic) bond motifs is 2. The second-order valence-electron chi connectivity index (χ2n) is 6.16. The van der Waals surface area contributed by atoms with Crippen molar-refractivity contribution in [1.82, 2.24) is 10.2 Å². The number of carbonyl (C=O) groups is 1. The molecule has 1 N–H and O–H groups in total. The number of nitrogens with one attached hydrogen (secondary N) is 1. The molecular formula is C16H24N2O3. The second kappa shape index (κ2) is 6.20. The van der Waals surface area contributed by atoms with Crippen molar-refractivity contribution in [1.29, 1.82) is 0 Å². The number of nitrogens with zero attached hydrogens (tertiary/aromatic N) is 1. The molecule has 0 aliphatic carbocycles. The smallest absolute Gasteiger partial charge is 0.341 e. The van der Waals surface area contributed by atoms with Gasteiger partial charge in [0.2, 0.25) is 0 Å². The van der Waals surface area contributed by atoms with Crippen molar-refractivity contribution in [2.24, 2.45) is 0 Å². The molecule has 2 aliphatic heterocycles. The molecule has 2 saturated heterocycles. The van der Waals surface area contributed by atoms with Crippen LogP contribution < -0.4 is 5.32 Å². The van der Waals surface area contributed by atoms with Gasteiger partial charge in [-0.1, -0.05) is 0 Å². The van der Waals surface area contributed by atoms with Crippen LogP contribution in [0, 0.1) is 0 Å². The van der Waals surface area contributed by atoms with Crippen molar-refractivity contribution in [3.63, 3.8) is 0 Å². The topological polar surface area (TPSA) is 54.7 Å². The van der Waals surface area contributed by atoms with Crippen molar-refractivity contribution < 1.29 is 13.9 Å². The van der Waals surface area contributed by atoms with E-state index in [2.05, 4.69) is 17.3 Å². The van der Waals surface area contributed by atoms with Crippen LogP contribution >= 0.6 is 0 Å². The number of ether oxygens (including phenoxy) is 1. The highest BCUT2D eigenvalue weighted by molar-refractivity contribution is 5.90. The maximum atomic E-state index is 11.9. The van der Waals surface area contributed by atoms with E-state index >= 15 is 0 Å². The molecule has 0 aromatic carbocycles. The summed E-state index contributed by atoms with van der Waals surface area (Å²) in [6.07, 6.45) is 6.53. The average molecular weight is 292 g/mol. The number of piperidine rings is 1. The van der Waals surface area contributed by atoms with E-state index in [1.54, 1.807) is 12.3 Å². The molecule has 5 nitrogen and oxygen atoms in total. The minimum atomic E-state index is -0.292. The normalized spacial score (nSPS) is 28.0. The number of esters is 1. The van der Waals surface area contributed by atoms with E-state index in [0.29, 0.717) is 42.6 Å². The van der Waals surface area contributed by atoms with Gasteiger partial charge in [-0.25, -0.2) is 4.79 Å². The quantitative estimate of drug-likeness (QED) is 0.843. The monoisotopic (exact) mass is 292 g/mol. The van der Waals surface area contributed by atoms with Gasteiger partial charge in [0.1, 0.15) is 11.3 Å². The lowest BCUT2D eigenvalue weighted by Gasteiger charge is -2.35. The van der Waals surface area contributed by atoms with Gasteiger partial charge in [0, 0.05) is 18.1 Å². The first-order chi connectivity index (χ1) is 10.2. The Morgan fingerprint density at radius 3 is 2.81 bits per heavy atom. The minimum Gasteiger partial charge on any atom is -0.467 e. The lowest BCUT2D eigenvalue weighted by atomic mass is 9.98. The maximum absolute atomic E-state index is 11.9. The van der Waals surface area contributed by atoms with Crippen molar-refractivity contribution in [2.45, 2.75) is 57.3 Å². The van der Waals surface area contributed by atoms with Crippen LogP contribution in [-0.2, 0) is 11.3 Å². The molecule has 2 aliphatic rings. The van der Waals surface area contributed by atoms with Crippen LogP contribution in [0.2, 0.25) is 0 Å². The van der Waals surface area contributed by atoms with Gasteiger partial charge in [0.05, 0.1) is 19.4 Å². The summed E-state index contributed by atoms with van der Waals surface area (Å²) in [4.78, 5) is 14.2. The summed E-state index contributed by atoms with van der Waals surface area (Å²) in [5, 5.41) is 3.66. The van der Waals surface area contributed by atoms with E-state index < -0.39 is 0 Å². The number of hydrogen-bond acceptors (Lipinski definition) is 5. The molecule has 3 heterocycles. The number of furan rings is 1. The Labute approximate surface area is 125 Å². The number of rotatable bonds is 5. The molecule has 2 unspecified atom stereocenters. The molecule has 5 heteroatoms. The first-order valence-electron chi connectivity index (χ1n) is 7.87. The molecule has 1 aromatic heterocycles. The summed E-state index contributed by atoms with van der Waals surface area (Å²) in [7, 11) is 2.12. The van der Waals surface area contributed by atoms with E-state index in [1.807, 2.05) is 6.92 Å². The van der Waals surface area contributed by atoms with Crippen molar-refractivity contribution in [2.75, 3.05) is 13.7 Å². The van der Waals surface area contributed by atoms with Gasteiger partial charge in [-0.15, -0.1) is 0 Å². The summed E-state index contributed by atoms with van der Waals surface area (Å²) in [6, 6.07) is 3.59. The van der Waals surface area contributed by atoms with Gasteiger partial charge >= 0.3 is 5.97 Å². The summed E-state index contributed by atoms with van der Waals surface area (Å²) >= 11 is 0. The fourth-order valence-corrected chi connectivity index (χ4v) is 3.60. The van der Waals surface area contributed by atoms with Gasteiger partial charge in [-0.3, -0.25) is 4.90 Å². The van der Waals surface area contributed by atoms with E-state index in [-0.39, 0.29) is 5.97 Å². The Kier molecular flexibility index (Phi) is 4.31. The Bertz CT molecular complexity index is 487. The van der Waals surface area contributed by atoms with Crippen LogP contribution in [0.15, 0.2) is 16.7 Å². The van der Waals surface area contributed by atoms with E-state index in [4.69, 9.17) is 9.15 Å². The average Bonchev–Trinajstić information content (AvgIpc) is 3.05. The van der Waals surface area contributed by atoms with Crippen molar-refractivity contribution in [3.05, 3.63) is 23.7 Å². The predicted octanol–water partition coefficient (Wildman–Crippen LogP) is 2.17. The highest BCUT2D eigenvalue weighted by Crippen LogP contribution is 2.30. The molecule has 0 amide bonds. The van der Waals surface area contributed by atoms with Crippen LogP contribution in [0.3, 0.4) is 0 Å². The third-order valence-electron chi connectivity index (χ3n) is 4.71. The molecule has 2 fully saturated rings. The number of hydrogen-bond donors (Lipinski definition) is 1. The maximum Gasteiger partial charge on any atom is 0.341 e. The molecule has 21 heavy (non-hydrogen) atoms. The SMILES string of the molecule is CCOC(=O)c1ccoc1CN(C)C1CC2CCC(C1)N2. The van der Waals surface area contributed by atoms with Crippen LogP contribution in [0.1, 0.15) is 48.7 Å². The van der Waals surface area contributed by atoms with Gasteiger partial charge in [0.15, 0.2) is 0 Å². The minimum absolute atomic E-state index is 0.292. The fourth-order valence-electron chi connectivity index (χ4n) is 3.60. The second-order valence-corrected chi connectivity index (χ2v) is 6.16. The molecule has 0 spiro atoms. The van der Waals surface area contributed by atoms with E-state index in [0.717, 1.165) is 0 Å². The highest BCUT2D eigenvalue weighted by Gasteiger charge is 2.35. The Balaban J connectivity index is 1.64. The van der Waals surface area contributed by atoms with Gasteiger partial charge < -0.3 is 14.5 Å². The fraction of sp³-hybridized carbons (Fsp3) is 0.688.